The Labute approximate surface area is 270 Å². The summed E-state index contributed by atoms with van der Waals surface area (Å²) < 4.78 is 0. The highest BCUT2D eigenvalue weighted by atomic mass is 15.2. The van der Waals surface area contributed by atoms with E-state index in [9.17, 15) is 0 Å². The quantitative estimate of drug-likeness (QED) is 0.186. The van der Waals surface area contributed by atoms with Gasteiger partial charge in [-0.05, 0) is 97.9 Å². The summed E-state index contributed by atoms with van der Waals surface area (Å²) in [5, 5.41) is 0. The number of hydrogen-bond donors (Lipinski definition) is 0. The second-order valence-corrected chi connectivity index (χ2v) is 16.0. The van der Waals surface area contributed by atoms with Crippen molar-refractivity contribution in [3.63, 3.8) is 0 Å². The minimum atomic E-state index is -0.0293. The molecule has 0 fully saturated rings. The predicted octanol–water partition coefficient (Wildman–Crippen LogP) is 9.66. The zero-order valence-corrected chi connectivity index (χ0v) is 28.4. The molecule has 45 heavy (non-hydrogen) atoms. The SMILES string of the molecule is CC(C)(C)c1ccc2c(c1)B1c3cc(C(C)(C)C)ccc3N(c3ccccc3)c3cc(C(C)(C)C)cc(c31)N2c1ccccc1. The summed E-state index contributed by atoms with van der Waals surface area (Å²) in [6, 6.07) is 41.3. The Morgan fingerprint density at radius 3 is 1.13 bits per heavy atom. The molecule has 0 aromatic heterocycles. The summed E-state index contributed by atoms with van der Waals surface area (Å²) in [7, 11) is 0. The van der Waals surface area contributed by atoms with Crippen molar-refractivity contribution in [3.05, 3.63) is 126 Å². The molecular weight excluding hydrogens is 543 g/mol. The molecule has 0 saturated heterocycles. The van der Waals surface area contributed by atoms with E-state index in [4.69, 9.17) is 0 Å². The maximum atomic E-state index is 2.52. The van der Waals surface area contributed by atoms with Crippen molar-refractivity contribution >= 4 is 57.2 Å². The van der Waals surface area contributed by atoms with E-state index in [2.05, 4.69) is 181 Å². The molecule has 2 heterocycles. The normalized spacial score (nSPS) is 14.2. The lowest BCUT2D eigenvalue weighted by atomic mass is 9.33. The number of nitrogens with zero attached hydrogens (tertiary/aromatic N) is 2. The van der Waals surface area contributed by atoms with Gasteiger partial charge in [0.05, 0.1) is 0 Å². The zero-order chi connectivity index (χ0) is 31.9. The van der Waals surface area contributed by atoms with Crippen LogP contribution in [0.4, 0.5) is 34.1 Å². The van der Waals surface area contributed by atoms with Crippen molar-refractivity contribution in [2.24, 2.45) is 0 Å². The standard InChI is InChI=1S/C42H45BN2/c1-40(2,3)28-20-22-35-33(24-28)43-34-25-29(41(4,5)6)21-23-36(34)45(32-18-14-11-15-19-32)38-27-30(42(7,8)9)26-37(39(38)43)44(35)31-16-12-10-13-17-31/h10-27H,1-9H3. The first kappa shape index (κ1) is 29.5. The lowest BCUT2D eigenvalue weighted by Gasteiger charge is -2.45. The van der Waals surface area contributed by atoms with Gasteiger partial charge in [-0.1, -0.05) is 123 Å². The highest BCUT2D eigenvalue weighted by molar-refractivity contribution is 7.00. The monoisotopic (exact) mass is 588 g/mol. The fourth-order valence-corrected chi connectivity index (χ4v) is 7.08. The molecule has 0 bridgehead atoms. The van der Waals surface area contributed by atoms with Gasteiger partial charge in [0.15, 0.2) is 0 Å². The summed E-state index contributed by atoms with van der Waals surface area (Å²) in [5.41, 5.74) is 15.7. The fourth-order valence-electron chi connectivity index (χ4n) is 7.08. The molecule has 0 N–H and O–H groups in total. The Hall–Kier alpha value is -4.24. The van der Waals surface area contributed by atoms with Crippen LogP contribution in [0.15, 0.2) is 109 Å². The fraction of sp³-hybridized carbons (Fsp3) is 0.286. The molecule has 0 amide bonds. The third-order valence-corrected chi connectivity index (χ3v) is 9.69. The van der Waals surface area contributed by atoms with Crippen LogP contribution in [0, 0.1) is 0 Å². The first-order chi connectivity index (χ1) is 21.2. The van der Waals surface area contributed by atoms with Gasteiger partial charge in [0, 0.05) is 34.1 Å². The first-order valence-electron chi connectivity index (χ1n) is 16.4. The van der Waals surface area contributed by atoms with Gasteiger partial charge < -0.3 is 9.80 Å². The van der Waals surface area contributed by atoms with Crippen LogP contribution in [-0.4, -0.2) is 6.71 Å². The van der Waals surface area contributed by atoms with Crippen molar-refractivity contribution < 1.29 is 0 Å². The van der Waals surface area contributed by atoms with Gasteiger partial charge in [-0.3, -0.25) is 0 Å². The van der Waals surface area contributed by atoms with Gasteiger partial charge >= 0.3 is 0 Å². The van der Waals surface area contributed by atoms with Gasteiger partial charge in [0.1, 0.15) is 0 Å². The van der Waals surface area contributed by atoms with E-state index < -0.39 is 0 Å². The van der Waals surface area contributed by atoms with E-state index >= 15 is 0 Å². The number of benzene rings is 5. The lowest BCUT2D eigenvalue weighted by molar-refractivity contribution is 0.590. The van der Waals surface area contributed by atoms with E-state index in [0.29, 0.717) is 0 Å². The van der Waals surface area contributed by atoms with Gasteiger partial charge in [0.2, 0.25) is 0 Å². The Morgan fingerprint density at radius 1 is 0.400 bits per heavy atom. The Kier molecular flexibility index (Phi) is 6.64. The third-order valence-electron chi connectivity index (χ3n) is 9.69. The summed E-state index contributed by atoms with van der Waals surface area (Å²) >= 11 is 0. The van der Waals surface area contributed by atoms with Crippen LogP contribution in [0.2, 0.25) is 0 Å². The molecule has 0 spiro atoms. The Bertz CT molecular complexity index is 1770. The van der Waals surface area contributed by atoms with E-state index in [1.807, 2.05) is 0 Å². The summed E-state index contributed by atoms with van der Waals surface area (Å²) in [6.07, 6.45) is 0. The predicted molar refractivity (Wildman–Crippen MR) is 197 cm³/mol. The molecule has 0 unspecified atom stereocenters. The average molecular weight is 589 g/mol. The van der Waals surface area contributed by atoms with Crippen LogP contribution >= 0.6 is 0 Å². The van der Waals surface area contributed by atoms with E-state index in [1.54, 1.807) is 0 Å². The molecular formula is C42H45BN2. The van der Waals surface area contributed by atoms with Crippen molar-refractivity contribution in [1.29, 1.82) is 0 Å². The Balaban J connectivity index is 1.65. The van der Waals surface area contributed by atoms with Crippen LogP contribution in [0.5, 0.6) is 0 Å². The van der Waals surface area contributed by atoms with E-state index in [0.717, 1.165) is 0 Å². The molecule has 5 aromatic rings. The second kappa shape index (κ2) is 10.1. The molecule has 7 rings (SSSR count). The molecule has 5 aromatic carbocycles. The molecule has 3 heteroatoms. The molecule has 2 aliphatic rings. The maximum Gasteiger partial charge on any atom is 0.252 e. The highest BCUT2D eigenvalue weighted by Crippen LogP contribution is 2.46. The summed E-state index contributed by atoms with van der Waals surface area (Å²) in [6.45, 7) is 21.0. The summed E-state index contributed by atoms with van der Waals surface area (Å²) in [5.74, 6) is 0. The zero-order valence-electron chi connectivity index (χ0n) is 28.4. The maximum absolute atomic E-state index is 2.52. The molecule has 226 valence electrons. The number of anilines is 6. The molecule has 0 atom stereocenters. The van der Waals surface area contributed by atoms with Gasteiger partial charge in [-0.2, -0.15) is 0 Å². The van der Waals surface area contributed by atoms with E-state index in [-0.39, 0.29) is 23.0 Å². The van der Waals surface area contributed by atoms with Crippen molar-refractivity contribution in [3.8, 4) is 0 Å². The molecule has 2 nitrogen and oxygen atoms in total. The largest absolute Gasteiger partial charge is 0.311 e. The smallest absolute Gasteiger partial charge is 0.252 e. The minimum Gasteiger partial charge on any atom is -0.311 e. The summed E-state index contributed by atoms with van der Waals surface area (Å²) in [4.78, 5) is 5.04. The molecule has 2 aliphatic heterocycles. The third kappa shape index (κ3) is 4.88. The van der Waals surface area contributed by atoms with Gasteiger partial charge in [0.25, 0.3) is 6.71 Å². The van der Waals surface area contributed by atoms with Crippen molar-refractivity contribution in [2.75, 3.05) is 9.80 Å². The van der Waals surface area contributed by atoms with Crippen LogP contribution in [0.25, 0.3) is 0 Å². The van der Waals surface area contributed by atoms with E-state index in [1.165, 1.54) is 67.2 Å². The van der Waals surface area contributed by atoms with Gasteiger partial charge in [-0.25, -0.2) is 0 Å². The minimum absolute atomic E-state index is 0.0293. The topological polar surface area (TPSA) is 6.48 Å². The van der Waals surface area contributed by atoms with Crippen LogP contribution in [0.1, 0.15) is 79.0 Å². The van der Waals surface area contributed by atoms with Crippen molar-refractivity contribution in [2.45, 2.75) is 78.6 Å². The average Bonchev–Trinajstić information content (AvgIpc) is 2.99. The molecule has 0 aliphatic carbocycles. The molecule has 0 saturated carbocycles. The molecule has 0 radical (unpaired) electrons. The van der Waals surface area contributed by atoms with Crippen LogP contribution < -0.4 is 26.2 Å². The Morgan fingerprint density at radius 2 is 0.778 bits per heavy atom. The number of rotatable bonds is 2. The van der Waals surface area contributed by atoms with Gasteiger partial charge in [-0.15, -0.1) is 0 Å². The number of fused-ring (bicyclic) bond motifs is 4. The van der Waals surface area contributed by atoms with Crippen LogP contribution in [-0.2, 0) is 16.2 Å². The lowest BCUT2D eigenvalue weighted by Crippen LogP contribution is -2.61. The van der Waals surface area contributed by atoms with Crippen LogP contribution in [0.3, 0.4) is 0 Å². The van der Waals surface area contributed by atoms with Crippen molar-refractivity contribution in [1.82, 2.24) is 0 Å². The first-order valence-corrected chi connectivity index (χ1v) is 16.4. The number of hydrogen-bond acceptors (Lipinski definition) is 2. The second-order valence-electron chi connectivity index (χ2n) is 16.0. The highest BCUT2D eigenvalue weighted by Gasteiger charge is 2.44. The number of para-hydroxylation sites is 2.